The number of nitrogens with one attached hydrogen (secondary N) is 1. The Morgan fingerprint density at radius 3 is 2.58 bits per heavy atom. The van der Waals surface area contributed by atoms with Gasteiger partial charge in [0, 0.05) is 11.6 Å². The molecule has 2 atom stereocenters. The maximum Gasteiger partial charge on any atom is 0.573 e. The Morgan fingerprint density at radius 2 is 1.97 bits per heavy atom. The maximum atomic E-state index is 13.0. The van der Waals surface area contributed by atoms with Crippen molar-refractivity contribution in [2.75, 3.05) is 0 Å². The molecule has 11 heteroatoms. The van der Waals surface area contributed by atoms with E-state index in [1.54, 1.807) is 0 Å². The Kier molecular flexibility index (Phi) is 5.57. The molecular weight excluding hydrogens is 421 g/mol. The summed E-state index contributed by atoms with van der Waals surface area (Å²) in [4.78, 5) is 23.6. The fourth-order valence-corrected chi connectivity index (χ4v) is 3.44. The quantitative estimate of drug-likeness (QED) is 0.553. The number of carbonyl (C=O) groups is 1. The first kappa shape index (κ1) is 22.3. The molecule has 166 valence electrons. The van der Waals surface area contributed by atoms with E-state index >= 15 is 0 Å². The molecule has 2 aromatic rings. The first-order chi connectivity index (χ1) is 14.3. The molecule has 1 heterocycles. The number of amides is 1. The smallest absolute Gasteiger partial charge is 0.485 e. The number of fused-ring (bicyclic) bond motifs is 1. The number of nitro benzene ring substituents is 1. The van der Waals surface area contributed by atoms with Gasteiger partial charge >= 0.3 is 6.36 Å². The van der Waals surface area contributed by atoms with Crippen molar-refractivity contribution >= 4 is 11.6 Å². The van der Waals surface area contributed by atoms with Crippen LogP contribution >= 0.6 is 0 Å². The minimum Gasteiger partial charge on any atom is -0.485 e. The van der Waals surface area contributed by atoms with Crippen molar-refractivity contribution < 1.29 is 37.5 Å². The molecule has 1 amide bonds. The molecule has 2 aromatic carbocycles. The molecule has 31 heavy (non-hydrogen) atoms. The number of alkyl halides is 3. The minimum absolute atomic E-state index is 0.0400. The number of hydrogen-bond donors (Lipinski definition) is 2. The third kappa shape index (κ3) is 4.55. The van der Waals surface area contributed by atoms with Gasteiger partial charge in [0.25, 0.3) is 11.6 Å². The summed E-state index contributed by atoms with van der Waals surface area (Å²) in [5.74, 6) is -1.29. The highest BCUT2D eigenvalue weighted by molar-refractivity contribution is 5.99. The number of ether oxygens (including phenoxy) is 2. The topological polar surface area (TPSA) is 111 Å². The zero-order valence-corrected chi connectivity index (χ0v) is 16.7. The van der Waals surface area contributed by atoms with Crippen LogP contribution in [0.5, 0.6) is 11.5 Å². The molecule has 1 aliphatic heterocycles. The van der Waals surface area contributed by atoms with Crippen LogP contribution in [0.3, 0.4) is 0 Å². The Hall–Kier alpha value is -3.34. The zero-order valence-electron chi connectivity index (χ0n) is 16.7. The maximum absolute atomic E-state index is 13.0. The van der Waals surface area contributed by atoms with Crippen LogP contribution in [-0.2, 0) is 0 Å². The lowest BCUT2D eigenvalue weighted by atomic mass is 9.86. The van der Waals surface area contributed by atoms with Gasteiger partial charge in [-0.15, -0.1) is 13.2 Å². The highest BCUT2D eigenvalue weighted by Gasteiger charge is 2.44. The molecule has 0 spiro atoms. The second kappa shape index (κ2) is 7.73. The van der Waals surface area contributed by atoms with Gasteiger partial charge < -0.3 is 19.9 Å². The minimum atomic E-state index is -4.94. The van der Waals surface area contributed by atoms with Crippen molar-refractivity contribution in [3.8, 4) is 11.5 Å². The number of rotatable bonds is 4. The van der Waals surface area contributed by atoms with E-state index in [1.807, 2.05) is 0 Å². The van der Waals surface area contributed by atoms with Gasteiger partial charge in [-0.2, -0.15) is 0 Å². The van der Waals surface area contributed by atoms with Crippen molar-refractivity contribution in [3.63, 3.8) is 0 Å². The van der Waals surface area contributed by atoms with E-state index in [-0.39, 0.29) is 16.9 Å². The average molecular weight is 440 g/mol. The fraction of sp³-hybridized carbons (Fsp3) is 0.350. The molecule has 1 aliphatic rings. The number of benzene rings is 2. The lowest BCUT2D eigenvalue weighted by molar-refractivity contribution is -0.385. The van der Waals surface area contributed by atoms with E-state index in [4.69, 9.17) is 4.74 Å². The monoisotopic (exact) mass is 440 g/mol. The molecule has 0 aliphatic carbocycles. The Bertz CT molecular complexity index is 1040. The SMILES string of the molecule is Cc1cccc([N+](=O)[O-])c1C(=O)N[C@@H]1c2cc(OC(F)(F)F)ccc2OC(C)(C)[C@H]1O. The Balaban J connectivity index is 2.04. The average Bonchev–Trinajstić information content (AvgIpc) is 2.64. The molecule has 0 saturated heterocycles. The summed E-state index contributed by atoms with van der Waals surface area (Å²) >= 11 is 0. The van der Waals surface area contributed by atoms with Crippen LogP contribution < -0.4 is 14.8 Å². The number of halogens is 3. The van der Waals surface area contributed by atoms with E-state index in [1.165, 1.54) is 39.0 Å². The number of aliphatic hydroxyl groups excluding tert-OH is 1. The predicted octanol–water partition coefficient (Wildman–Crippen LogP) is 3.80. The van der Waals surface area contributed by atoms with E-state index in [2.05, 4.69) is 10.1 Å². The summed E-state index contributed by atoms with van der Waals surface area (Å²) in [6, 6.07) is 6.16. The molecule has 0 aromatic heterocycles. The number of aryl methyl sites for hydroxylation is 1. The second-order valence-corrected chi connectivity index (χ2v) is 7.58. The molecule has 3 rings (SSSR count). The largest absolute Gasteiger partial charge is 0.573 e. The normalized spacial score (nSPS) is 19.7. The molecule has 0 radical (unpaired) electrons. The van der Waals surface area contributed by atoms with Crippen LogP contribution in [0.4, 0.5) is 18.9 Å². The lowest BCUT2D eigenvalue weighted by Gasteiger charge is -2.42. The van der Waals surface area contributed by atoms with E-state index in [0.29, 0.717) is 5.56 Å². The third-order valence-corrected chi connectivity index (χ3v) is 4.91. The third-order valence-electron chi connectivity index (χ3n) is 4.91. The Morgan fingerprint density at radius 1 is 1.29 bits per heavy atom. The standard InChI is InChI=1S/C20H19F3N2O6/c1-10-5-4-6-13(25(28)29)15(10)18(27)24-16-12-9-11(30-20(21,22)23)7-8-14(12)31-19(2,3)17(16)26/h4-9,16-17,26H,1-3H3,(H,24,27)/t16-,17+/m1/s1. The highest BCUT2D eigenvalue weighted by Crippen LogP contribution is 2.42. The summed E-state index contributed by atoms with van der Waals surface area (Å²) in [6.07, 6.45) is -6.32. The van der Waals surface area contributed by atoms with Gasteiger partial charge in [-0.05, 0) is 44.5 Å². The molecule has 0 unspecified atom stereocenters. The summed E-state index contributed by atoms with van der Waals surface area (Å²) in [5, 5.41) is 24.6. The van der Waals surface area contributed by atoms with Gasteiger partial charge in [0.05, 0.1) is 11.0 Å². The van der Waals surface area contributed by atoms with Gasteiger partial charge in [0.15, 0.2) is 0 Å². The van der Waals surface area contributed by atoms with E-state index in [9.17, 15) is 33.2 Å². The second-order valence-electron chi connectivity index (χ2n) is 7.58. The predicted molar refractivity (Wildman–Crippen MR) is 102 cm³/mol. The molecular formula is C20H19F3N2O6. The number of aliphatic hydroxyl groups is 1. The number of hydrogen-bond acceptors (Lipinski definition) is 6. The van der Waals surface area contributed by atoms with Gasteiger partial charge in [-0.25, -0.2) is 0 Å². The van der Waals surface area contributed by atoms with Crippen LogP contribution in [0.1, 0.15) is 41.4 Å². The molecule has 2 N–H and O–H groups in total. The zero-order chi connectivity index (χ0) is 23.1. The van der Waals surface area contributed by atoms with Crippen LogP contribution in [0, 0.1) is 17.0 Å². The van der Waals surface area contributed by atoms with Crippen LogP contribution in [0.15, 0.2) is 36.4 Å². The summed E-state index contributed by atoms with van der Waals surface area (Å²) in [7, 11) is 0. The van der Waals surface area contributed by atoms with Gasteiger partial charge in [-0.3, -0.25) is 14.9 Å². The number of nitrogens with zero attached hydrogens (tertiary/aromatic N) is 1. The molecule has 0 bridgehead atoms. The highest BCUT2D eigenvalue weighted by atomic mass is 19.4. The molecule has 0 saturated carbocycles. The summed E-state index contributed by atoms with van der Waals surface area (Å²) in [5.41, 5.74) is -1.50. The van der Waals surface area contributed by atoms with Crippen molar-refractivity contribution in [1.82, 2.24) is 5.32 Å². The first-order valence-corrected chi connectivity index (χ1v) is 9.12. The van der Waals surface area contributed by atoms with Crippen LogP contribution in [-0.4, -0.2) is 34.0 Å². The van der Waals surface area contributed by atoms with Gasteiger partial charge in [0.1, 0.15) is 28.8 Å². The summed E-state index contributed by atoms with van der Waals surface area (Å²) < 4.78 is 47.5. The van der Waals surface area contributed by atoms with Gasteiger partial charge in [-0.1, -0.05) is 12.1 Å². The number of carbonyl (C=O) groups excluding carboxylic acids is 1. The first-order valence-electron chi connectivity index (χ1n) is 9.12. The molecule has 0 fully saturated rings. The lowest BCUT2D eigenvalue weighted by Crippen LogP contribution is -2.53. The number of nitro groups is 1. The fourth-order valence-electron chi connectivity index (χ4n) is 3.44. The van der Waals surface area contributed by atoms with E-state index < -0.39 is 46.4 Å². The van der Waals surface area contributed by atoms with Crippen molar-refractivity contribution in [3.05, 3.63) is 63.2 Å². The van der Waals surface area contributed by atoms with Crippen molar-refractivity contribution in [2.24, 2.45) is 0 Å². The van der Waals surface area contributed by atoms with Gasteiger partial charge in [0.2, 0.25) is 0 Å². The summed E-state index contributed by atoms with van der Waals surface area (Å²) in [6.45, 7) is 4.59. The van der Waals surface area contributed by atoms with Crippen molar-refractivity contribution in [1.29, 1.82) is 0 Å². The van der Waals surface area contributed by atoms with Crippen molar-refractivity contribution in [2.45, 2.75) is 44.9 Å². The Labute approximate surface area is 174 Å². The van der Waals surface area contributed by atoms with Crippen LogP contribution in [0.2, 0.25) is 0 Å². The molecule has 8 nitrogen and oxygen atoms in total. The van der Waals surface area contributed by atoms with E-state index in [0.717, 1.165) is 18.2 Å². The van der Waals surface area contributed by atoms with Crippen LogP contribution in [0.25, 0.3) is 0 Å².